The van der Waals surface area contributed by atoms with E-state index in [-0.39, 0.29) is 17.2 Å². The Balaban J connectivity index is 1.97. The van der Waals surface area contributed by atoms with Crippen LogP contribution in [0.5, 0.6) is 0 Å². The van der Waals surface area contributed by atoms with Gasteiger partial charge in [0.2, 0.25) is 0 Å². The molecule has 0 saturated carbocycles. The lowest BCUT2D eigenvalue weighted by atomic mass is 9.74. The summed E-state index contributed by atoms with van der Waals surface area (Å²) < 4.78 is 17.6. The summed E-state index contributed by atoms with van der Waals surface area (Å²) in [7, 11) is -0.414. The molecular formula is C22H27BO4. The number of carbonyl (C=O) groups excluding carboxylic acids is 1. The van der Waals surface area contributed by atoms with Crippen LogP contribution in [0.15, 0.2) is 42.5 Å². The van der Waals surface area contributed by atoms with Crippen molar-refractivity contribution in [2.45, 2.75) is 52.7 Å². The molecule has 0 radical (unpaired) electrons. The molecule has 1 fully saturated rings. The minimum Gasteiger partial charge on any atom is -0.462 e. The van der Waals surface area contributed by atoms with E-state index in [2.05, 4.69) is 34.6 Å². The zero-order chi connectivity index (χ0) is 19.8. The van der Waals surface area contributed by atoms with Gasteiger partial charge in [0.25, 0.3) is 0 Å². The molecule has 0 aliphatic carbocycles. The minimum atomic E-state index is -0.414. The van der Waals surface area contributed by atoms with Crippen LogP contribution >= 0.6 is 0 Å². The molecule has 3 rings (SSSR count). The molecule has 5 heteroatoms. The SMILES string of the molecule is CCOC(=O)c1cccc(-c2cccc(B3OC(C)(C)C(C)(C)O3)c2C)c1. The average molecular weight is 366 g/mol. The molecule has 1 aliphatic rings. The Kier molecular flexibility index (Phi) is 5.19. The van der Waals surface area contributed by atoms with E-state index in [0.29, 0.717) is 12.2 Å². The van der Waals surface area contributed by atoms with E-state index in [1.807, 2.05) is 36.4 Å². The number of hydrogen-bond acceptors (Lipinski definition) is 4. The zero-order valence-corrected chi connectivity index (χ0v) is 17.0. The van der Waals surface area contributed by atoms with Gasteiger partial charge in [0.1, 0.15) is 0 Å². The topological polar surface area (TPSA) is 44.8 Å². The summed E-state index contributed by atoms with van der Waals surface area (Å²) in [4.78, 5) is 12.1. The molecule has 27 heavy (non-hydrogen) atoms. The molecule has 4 nitrogen and oxygen atoms in total. The van der Waals surface area contributed by atoms with E-state index in [9.17, 15) is 4.79 Å². The van der Waals surface area contributed by atoms with Crippen LogP contribution < -0.4 is 5.46 Å². The molecule has 0 bridgehead atoms. The van der Waals surface area contributed by atoms with Crippen molar-refractivity contribution >= 4 is 18.6 Å². The normalized spacial score (nSPS) is 17.8. The number of carbonyl (C=O) groups is 1. The molecule has 1 heterocycles. The Morgan fingerprint density at radius 2 is 1.67 bits per heavy atom. The van der Waals surface area contributed by atoms with Crippen molar-refractivity contribution in [1.82, 2.24) is 0 Å². The highest BCUT2D eigenvalue weighted by Crippen LogP contribution is 2.37. The van der Waals surface area contributed by atoms with Gasteiger partial charge >= 0.3 is 13.1 Å². The van der Waals surface area contributed by atoms with Crippen LogP contribution in [0, 0.1) is 6.92 Å². The maximum absolute atomic E-state index is 12.1. The Morgan fingerprint density at radius 1 is 1.04 bits per heavy atom. The van der Waals surface area contributed by atoms with Gasteiger partial charge in [0, 0.05) is 0 Å². The van der Waals surface area contributed by atoms with E-state index in [1.165, 1.54) is 0 Å². The maximum atomic E-state index is 12.1. The molecular weight excluding hydrogens is 339 g/mol. The second-order valence-electron chi connectivity index (χ2n) is 7.91. The molecule has 142 valence electrons. The Hall–Kier alpha value is -2.11. The molecule has 2 aromatic carbocycles. The van der Waals surface area contributed by atoms with Gasteiger partial charge in [-0.25, -0.2) is 4.79 Å². The Morgan fingerprint density at radius 3 is 2.30 bits per heavy atom. The molecule has 0 aromatic heterocycles. The predicted molar refractivity (Wildman–Crippen MR) is 108 cm³/mol. The first-order chi connectivity index (χ1) is 12.7. The van der Waals surface area contributed by atoms with E-state index in [4.69, 9.17) is 14.0 Å². The lowest BCUT2D eigenvalue weighted by molar-refractivity contribution is 0.00578. The first-order valence-corrected chi connectivity index (χ1v) is 9.39. The molecule has 2 aromatic rings. The highest BCUT2D eigenvalue weighted by atomic mass is 16.7. The van der Waals surface area contributed by atoms with Crippen molar-refractivity contribution in [3.05, 3.63) is 53.6 Å². The van der Waals surface area contributed by atoms with Crippen molar-refractivity contribution in [3.8, 4) is 11.1 Å². The van der Waals surface area contributed by atoms with Crippen LogP contribution in [-0.4, -0.2) is 30.9 Å². The third-order valence-corrected chi connectivity index (χ3v) is 5.57. The fraction of sp³-hybridized carbons (Fsp3) is 0.409. The first kappa shape index (κ1) is 19.7. The van der Waals surface area contributed by atoms with Gasteiger partial charge in [-0.05, 0) is 75.8 Å². The molecule has 0 N–H and O–H groups in total. The summed E-state index contributed by atoms with van der Waals surface area (Å²) in [6, 6.07) is 13.6. The Labute approximate surface area is 162 Å². The second kappa shape index (κ2) is 7.14. The molecule has 0 atom stereocenters. The summed E-state index contributed by atoms with van der Waals surface area (Å²) in [6.07, 6.45) is 0. The molecule has 0 amide bonds. The van der Waals surface area contributed by atoms with E-state index >= 15 is 0 Å². The third-order valence-electron chi connectivity index (χ3n) is 5.57. The van der Waals surface area contributed by atoms with E-state index in [1.54, 1.807) is 13.0 Å². The Bertz CT molecular complexity index is 841. The van der Waals surface area contributed by atoms with Gasteiger partial charge in [-0.15, -0.1) is 0 Å². The highest BCUT2D eigenvalue weighted by molar-refractivity contribution is 6.62. The number of hydrogen-bond donors (Lipinski definition) is 0. The van der Waals surface area contributed by atoms with Crippen molar-refractivity contribution in [3.63, 3.8) is 0 Å². The van der Waals surface area contributed by atoms with Crippen molar-refractivity contribution in [1.29, 1.82) is 0 Å². The summed E-state index contributed by atoms with van der Waals surface area (Å²) in [5.41, 5.74) is 3.89. The summed E-state index contributed by atoms with van der Waals surface area (Å²) in [6.45, 7) is 12.4. The van der Waals surface area contributed by atoms with Gasteiger partial charge in [-0.2, -0.15) is 0 Å². The fourth-order valence-corrected chi connectivity index (χ4v) is 3.22. The van der Waals surface area contributed by atoms with Gasteiger partial charge < -0.3 is 14.0 Å². The van der Waals surface area contributed by atoms with Crippen molar-refractivity contribution in [2.24, 2.45) is 0 Å². The monoisotopic (exact) mass is 366 g/mol. The van der Waals surface area contributed by atoms with Crippen LogP contribution in [0.3, 0.4) is 0 Å². The standard InChI is InChI=1S/C22H27BO4/c1-7-25-20(24)17-11-8-10-16(14-17)18-12-9-13-19(15(18)2)23-26-21(3,4)22(5,6)27-23/h8-14H,7H2,1-6H3. The highest BCUT2D eigenvalue weighted by Gasteiger charge is 2.52. The zero-order valence-electron chi connectivity index (χ0n) is 17.0. The van der Waals surface area contributed by atoms with Crippen LogP contribution in [-0.2, 0) is 14.0 Å². The summed E-state index contributed by atoms with van der Waals surface area (Å²) in [5, 5.41) is 0. The average Bonchev–Trinajstić information content (AvgIpc) is 2.83. The number of esters is 1. The predicted octanol–water partition coefficient (Wildman–Crippen LogP) is 4.14. The first-order valence-electron chi connectivity index (χ1n) is 9.39. The number of benzene rings is 2. The lowest BCUT2D eigenvalue weighted by Crippen LogP contribution is -2.41. The van der Waals surface area contributed by atoms with Crippen LogP contribution in [0.2, 0.25) is 0 Å². The molecule has 1 aliphatic heterocycles. The van der Waals surface area contributed by atoms with Crippen molar-refractivity contribution in [2.75, 3.05) is 6.61 Å². The van der Waals surface area contributed by atoms with Gasteiger partial charge in [-0.3, -0.25) is 0 Å². The van der Waals surface area contributed by atoms with E-state index < -0.39 is 7.12 Å². The van der Waals surface area contributed by atoms with Gasteiger partial charge in [-0.1, -0.05) is 30.3 Å². The quantitative estimate of drug-likeness (QED) is 0.603. The smallest absolute Gasteiger partial charge is 0.462 e. The third kappa shape index (κ3) is 3.67. The van der Waals surface area contributed by atoms with Crippen LogP contribution in [0.1, 0.15) is 50.5 Å². The maximum Gasteiger partial charge on any atom is 0.495 e. The van der Waals surface area contributed by atoms with Gasteiger partial charge in [0.15, 0.2) is 0 Å². The van der Waals surface area contributed by atoms with Gasteiger partial charge in [0.05, 0.1) is 23.4 Å². The molecule has 1 saturated heterocycles. The number of rotatable bonds is 4. The lowest BCUT2D eigenvalue weighted by Gasteiger charge is -2.32. The summed E-state index contributed by atoms with van der Waals surface area (Å²) >= 11 is 0. The van der Waals surface area contributed by atoms with Crippen molar-refractivity contribution < 1.29 is 18.8 Å². The summed E-state index contributed by atoms with van der Waals surface area (Å²) in [5.74, 6) is -0.306. The number of ether oxygens (including phenoxy) is 1. The largest absolute Gasteiger partial charge is 0.495 e. The van der Waals surface area contributed by atoms with Crippen LogP contribution in [0.25, 0.3) is 11.1 Å². The molecule has 0 spiro atoms. The minimum absolute atomic E-state index is 0.306. The van der Waals surface area contributed by atoms with E-state index in [0.717, 1.165) is 22.2 Å². The second-order valence-corrected chi connectivity index (χ2v) is 7.91. The fourth-order valence-electron chi connectivity index (χ4n) is 3.22. The molecule has 0 unspecified atom stereocenters. The van der Waals surface area contributed by atoms with Crippen LogP contribution in [0.4, 0.5) is 0 Å².